The minimum atomic E-state index is 0.425. The van der Waals surface area contributed by atoms with Crippen molar-refractivity contribution in [2.45, 2.75) is 51.2 Å². The number of hydrogen-bond acceptors (Lipinski definition) is 3. The third-order valence-electron chi connectivity index (χ3n) is 3.43. The highest BCUT2D eigenvalue weighted by molar-refractivity contribution is 9.10. The van der Waals surface area contributed by atoms with Crippen molar-refractivity contribution in [1.82, 2.24) is 5.32 Å². The fourth-order valence-corrected chi connectivity index (χ4v) is 4.06. The fraction of sp³-hybridized carbons (Fsp3) is 0.714. The lowest BCUT2D eigenvalue weighted by Gasteiger charge is -2.27. The second kappa shape index (κ2) is 7.63. The fourth-order valence-electron chi connectivity index (χ4n) is 2.43. The van der Waals surface area contributed by atoms with Crippen LogP contribution in [0.4, 0.5) is 0 Å². The van der Waals surface area contributed by atoms with Gasteiger partial charge in [-0.15, -0.1) is 0 Å². The lowest BCUT2D eigenvalue weighted by atomic mass is 9.98. The summed E-state index contributed by atoms with van der Waals surface area (Å²) >= 11 is 5.42. The van der Waals surface area contributed by atoms with E-state index in [-0.39, 0.29) is 0 Å². The number of thiophene rings is 1. The molecule has 1 fully saturated rings. The average molecular weight is 332 g/mol. The largest absolute Gasteiger partial charge is 0.378 e. The van der Waals surface area contributed by atoms with Crippen molar-refractivity contribution in [3.05, 3.63) is 20.8 Å². The standard InChI is InChI=1S/C14H22BrNOS/c1-2-6-16-14(12-9-18-10-13(12)15)8-11-5-3-4-7-17-11/h9-11,14,16H,2-8H2,1H3. The molecule has 1 aromatic heterocycles. The van der Waals surface area contributed by atoms with E-state index in [4.69, 9.17) is 4.74 Å². The van der Waals surface area contributed by atoms with Gasteiger partial charge in [0, 0.05) is 22.5 Å². The molecule has 0 aromatic carbocycles. The normalized spacial score (nSPS) is 22.0. The summed E-state index contributed by atoms with van der Waals surface area (Å²) in [6.45, 7) is 4.22. The van der Waals surface area contributed by atoms with Gasteiger partial charge in [-0.1, -0.05) is 6.92 Å². The molecule has 0 bridgehead atoms. The van der Waals surface area contributed by atoms with Gasteiger partial charge >= 0.3 is 0 Å². The van der Waals surface area contributed by atoms with Gasteiger partial charge < -0.3 is 10.1 Å². The zero-order valence-corrected chi connectivity index (χ0v) is 13.4. The topological polar surface area (TPSA) is 21.3 Å². The first kappa shape index (κ1) is 14.5. The van der Waals surface area contributed by atoms with Crippen LogP contribution >= 0.6 is 27.3 Å². The number of hydrogen-bond donors (Lipinski definition) is 1. The van der Waals surface area contributed by atoms with Crippen molar-refractivity contribution in [1.29, 1.82) is 0 Å². The summed E-state index contributed by atoms with van der Waals surface area (Å²) in [4.78, 5) is 0. The summed E-state index contributed by atoms with van der Waals surface area (Å²) in [5.74, 6) is 0. The predicted octanol–water partition coefficient (Wildman–Crippen LogP) is 4.51. The van der Waals surface area contributed by atoms with Gasteiger partial charge in [0.25, 0.3) is 0 Å². The van der Waals surface area contributed by atoms with Crippen LogP contribution in [0.25, 0.3) is 0 Å². The summed E-state index contributed by atoms with van der Waals surface area (Å²) in [6, 6.07) is 0.425. The maximum Gasteiger partial charge on any atom is 0.0593 e. The van der Waals surface area contributed by atoms with Gasteiger partial charge in [-0.05, 0) is 65.5 Å². The molecule has 0 saturated carbocycles. The molecule has 1 aliphatic heterocycles. The quantitative estimate of drug-likeness (QED) is 0.827. The first-order chi connectivity index (χ1) is 8.81. The van der Waals surface area contributed by atoms with E-state index < -0.39 is 0 Å². The molecule has 0 amide bonds. The summed E-state index contributed by atoms with van der Waals surface area (Å²) in [7, 11) is 0. The SMILES string of the molecule is CCCNC(CC1CCCCO1)c1cscc1Br. The summed E-state index contributed by atoms with van der Waals surface area (Å²) in [5.41, 5.74) is 1.39. The van der Waals surface area contributed by atoms with Gasteiger partial charge in [0.15, 0.2) is 0 Å². The van der Waals surface area contributed by atoms with Crippen LogP contribution in [0.1, 0.15) is 50.6 Å². The van der Waals surface area contributed by atoms with E-state index in [2.05, 4.69) is 38.9 Å². The van der Waals surface area contributed by atoms with Gasteiger partial charge in [0.1, 0.15) is 0 Å². The first-order valence-electron chi connectivity index (χ1n) is 6.87. The van der Waals surface area contributed by atoms with Crippen molar-refractivity contribution < 1.29 is 4.74 Å². The van der Waals surface area contributed by atoms with Crippen LogP contribution in [0.5, 0.6) is 0 Å². The molecule has 2 atom stereocenters. The molecule has 0 aliphatic carbocycles. The summed E-state index contributed by atoms with van der Waals surface area (Å²) in [6.07, 6.45) is 6.45. The van der Waals surface area contributed by atoms with Crippen molar-refractivity contribution in [3.8, 4) is 0 Å². The second-order valence-electron chi connectivity index (χ2n) is 4.91. The molecule has 0 spiro atoms. The third-order valence-corrected chi connectivity index (χ3v) is 5.18. The Morgan fingerprint density at radius 2 is 2.39 bits per heavy atom. The second-order valence-corrected chi connectivity index (χ2v) is 6.50. The Balaban J connectivity index is 1.98. The molecule has 0 radical (unpaired) electrons. The lowest BCUT2D eigenvalue weighted by molar-refractivity contribution is 0.00503. The molecule has 18 heavy (non-hydrogen) atoms. The molecular weight excluding hydrogens is 310 g/mol. The number of rotatable bonds is 6. The summed E-state index contributed by atoms with van der Waals surface area (Å²) in [5, 5.41) is 8.07. The first-order valence-corrected chi connectivity index (χ1v) is 8.61. The van der Waals surface area contributed by atoms with Crippen molar-refractivity contribution in [2.75, 3.05) is 13.2 Å². The molecule has 1 aliphatic rings. The Bertz CT molecular complexity index is 349. The maximum absolute atomic E-state index is 5.87. The zero-order valence-electron chi connectivity index (χ0n) is 11.0. The minimum absolute atomic E-state index is 0.425. The van der Waals surface area contributed by atoms with Crippen molar-refractivity contribution in [2.24, 2.45) is 0 Å². The zero-order chi connectivity index (χ0) is 12.8. The van der Waals surface area contributed by atoms with Gasteiger partial charge in [0.2, 0.25) is 0 Å². The average Bonchev–Trinajstić information content (AvgIpc) is 2.82. The van der Waals surface area contributed by atoms with Crippen LogP contribution in [0, 0.1) is 0 Å². The third kappa shape index (κ3) is 4.05. The van der Waals surface area contributed by atoms with Crippen LogP contribution in [0.15, 0.2) is 15.2 Å². The van der Waals surface area contributed by atoms with E-state index in [0.29, 0.717) is 12.1 Å². The Kier molecular flexibility index (Phi) is 6.15. The van der Waals surface area contributed by atoms with E-state index in [1.807, 2.05) is 0 Å². The van der Waals surface area contributed by atoms with Crippen molar-refractivity contribution in [3.63, 3.8) is 0 Å². The van der Waals surface area contributed by atoms with Crippen LogP contribution in [0.3, 0.4) is 0 Å². The Morgan fingerprint density at radius 1 is 1.50 bits per heavy atom. The summed E-state index contributed by atoms with van der Waals surface area (Å²) < 4.78 is 7.11. The van der Waals surface area contributed by atoms with Crippen molar-refractivity contribution >= 4 is 27.3 Å². The molecule has 2 heterocycles. The van der Waals surface area contributed by atoms with Crippen LogP contribution in [0.2, 0.25) is 0 Å². The molecule has 2 nitrogen and oxygen atoms in total. The molecule has 1 aromatic rings. The van der Waals surface area contributed by atoms with E-state index in [1.54, 1.807) is 11.3 Å². The highest BCUT2D eigenvalue weighted by Gasteiger charge is 2.22. The number of ether oxygens (including phenoxy) is 1. The molecule has 102 valence electrons. The predicted molar refractivity (Wildman–Crippen MR) is 81.3 cm³/mol. The Morgan fingerprint density at radius 3 is 3.00 bits per heavy atom. The number of nitrogens with one attached hydrogen (secondary N) is 1. The van der Waals surface area contributed by atoms with Crippen LogP contribution < -0.4 is 5.32 Å². The maximum atomic E-state index is 5.87. The van der Waals surface area contributed by atoms with Gasteiger partial charge in [0.05, 0.1) is 6.10 Å². The van der Waals surface area contributed by atoms with E-state index in [9.17, 15) is 0 Å². The van der Waals surface area contributed by atoms with E-state index >= 15 is 0 Å². The van der Waals surface area contributed by atoms with E-state index in [0.717, 1.165) is 19.6 Å². The van der Waals surface area contributed by atoms with Gasteiger partial charge in [-0.2, -0.15) is 11.3 Å². The highest BCUT2D eigenvalue weighted by atomic mass is 79.9. The molecule has 4 heteroatoms. The van der Waals surface area contributed by atoms with Gasteiger partial charge in [-0.3, -0.25) is 0 Å². The molecule has 2 unspecified atom stereocenters. The van der Waals surface area contributed by atoms with E-state index in [1.165, 1.54) is 35.7 Å². The molecule has 1 saturated heterocycles. The Labute approximate surface area is 122 Å². The minimum Gasteiger partial charge on any atom is -0.378 e. The molecule has 2 rings (SSSR count). The van der Waals surface area contributed by atoms with Gasteiger partial charge in [-0.25, -0.2) is 0 Å². The molecule has 1 N–H and O–H groups in total. The monoisotopic (exact) mass is 331 g/mol. The smallest absolute Gasteiger partial charge is 0.0593 e. The van der Waals surface area contributed by atoms with Crippen LogP contribution in [-0.2, 0) is 4.74 Å². The molecular formula is C14H22BrNOS. The number of halogens is 1. The van der Waals surface area contributed by atoms with Crippen LogP contribution in [-0.4, -0.2) is 19.3 Å². The Hall–Kier alpha value is 0.100. The lowest BCUT2D eigenvalue weighted by Crippen LogP contribution is -2.29. The highest BCUT2D eigenvalue weighted by Crippen LogP contribution is 2.32.